The summed E-state index contributed by atoms with van der Waals surface area (Å²) < 4.78 is 5.40. The van der Waals surface area contributed by atoms with E-state index in [0.717, 1.165) is 18.4 Å². The highest BCUT2D eigenvalue weighted by Gasteiger charge is 2.34. The van der Waals surface area contributed by atoms with Crippen LogP contribution in [0.1, 0.15) is 73.1 Å². The maximum Gasteiger partial charge on any atom is 0.407 e. The van der Waals surface area contributed by atoms with Gasteiger partial charge in [-0.2, -0.15) is 0 Å². The lowest BCUT2D eigenvalue weighted by Crippen LogP contribution is -2.48. The third-order valence-electron chi connectivity index (χ3n) is 5.23. The van der Waals surface area contributed by atoms with Gasteiger partial charge < -0.3 is 15.4 Å². The molecule has 1 unspecified atom stereocenters. The molecule has 0 aliphatic heterocycles. The third-order valence-corrected chi connectivity index (χ3v) is 5.23. The van der Waals surface area contributed by atoms with E-state index in [1.54, 1.807) is 0 Å². The summed E-state index contributed by atoms with van der Waals surface area (Å²) in [5.74, 6) is 2.33. The van der Waals surface area contributed by atoms with Gasteiger partial charge in [0.1, 0.15) is 5.60 Å². The Kier molecular flexibility index (Phi) is 6.35. The first kappa shape index (κ1) is 18.6. The van der Waals surface area contributed by atoms with Crippen LogP contribution in [0.25, 0.3) is 0 Å². The van der Waals surface area contributed by atoms with Gasteiger partial charge in [0.2, 0.25) is 0 Å². The maximum atomic E-state index is 12.0. The largest absolute Gasteiger partial charge is 0.444 e. The number of rotatable bonds is 6. The second kappa shape index (κ2) is 7.87. The number of carbonyl (C=O) groups excluding carboxylic acids is 1. The van der Waals surface area contributed by atoms with Crippen molar-refractivity contribution < 1.29 is 9.53 Å². The Morgan fingerprint density at radius 1 is 1.04 bits per heavy atom. The van der Waals surface area contributed by atoms with Crippen LogP contribution in [0.3, 0.4) is 0 Å². The van der Waals surface area contributed by atoms with Crippen LogP contribution in [0.2, 0.25) is 0 Å². The Hall–Kier alpha value is -0.770. The minimum absolute atomic E-state index is 0.215. The van der Waals surface area contributed by atoms with E-state index >= 15 is 0 Å². The van der Waals surface area contributed by atoms with Crippen molar-refractivity contribution in [2.75, 3.05) is 6.54 Å². The van der Waals surface area contributed by atoms with Crippen LogP contribution in [-0.2, 0) is 4.74 Å². The first-order valence-electron chi connectivity index (χ1n) is 9.47. The topological polar surface area (TPSA) is 50.4 Å². The normalized spacial score (nSPS) is 26.9. The zero-order valence-corrected chi connectivity index (χ0v) is 15.7. The van der Waals surface area contributed by atoms with E-state index in [1.165, 1.54) is 38.5 Å². The van der Waals surface area contributed by atoms with Crippen molar-refractivity contribution in [3.05, 3.63) is 0 Å². The molecule has 2 fully saturated rings. The molecule has 134 valence electrons. The Labute approximate surface area is 142 Å². The number of alkyl carbamates (subject to hydrolysis) is 1. The van der Waals surface area contributed by atoms with Gasteiger partial charge in [-0.1, -0.05) is 13.8 Å². The fraction of sp³-hybridized carbons (Fsp3) is 0.947. The van der Waals surface area contributed by atoms with Crippen molar-refractivity contribution in [3.63, 3.8) is 0 Å². The molecule has 4 nitrogen and oxygen atoms in total. The molecule has 0 saturated heterocycles. The van der Waals surface area contributed by atoms with Crippen LogP contribution in [0.15, 0.2) is 0 Å². The van der Waals surface area contributed by atoms with Gasteiger partial charge in [0.15, 0.2) is 0 Å². The minimum Gasteiger partial charge on any atom is -0.444 e. The van der Waals surface area contributed by atoms with Crippen molar-refractivity contribution >= 4 is 6.09 Å². The van der Waals surface area contributed by atoms with Crippen molar-refractivity contribution in [2.45, 2.75) is 90.8 Å². The molecule has 0 aromatic heterocycles. The van der Waals surface area contributed by atoms with Gasteiger partial charge in [-0.25, -0.2) is 4.79 Å². The van der Waals surface area contributed by atoms with E-state index in [-0.39, 0.29) is 12.1 Å². The predicted octanol–water partition coefficient (Wildman–Crippen LogP) is 4.09. The number of nitrogens with one attached hydrogen (secondary N) is 2. The molecule has 2 aliphatic carbocycles. The molecule has 23 heavy (non-hydrogen) atoms. The van der Waals surface area contributed by atoms with Gasteiger partial charge in [-0.15, -0.1) is 0 Å². The molecular weight excluding hydrogens is 288 g/mol. The van der Waals surface area contributed by atoms with Gasteiger partial charge in [-0.05, 0) is 77.0 Å². The van der Waals surface area contributed by atoms with E-state index in [1.807, 2.05) is 20.8 Å². The van der Waals surface area contributed by atoms with E-state index in [4.69, 9.17) is 4.74 Å². The van der Waals surface area contributed by atoms with E-state index in [9.17, 15) is 4.79 Å². The molecule has 2 rings (SSSR count). The molecule has 0 radical (unpaired) electrons. The average molecular weight is 325 g/mol. The van der Waals surface area contributed by atoms with Crippen molar-refractivity contribution in [1.82, 2.24) is 10.6 Å². The number of hydrogen-bond acceptors (Lipinski definition) is 3. The second-order valence-corrected chi connectivity index (χ2v) is 8.85. The van der Waals surface area contributed by atoms with Crippen molar-refractivity contribution in [1.29, 1.82) is 0 Å². The summed E-state index contributed by atoms with van der Waals surface area (Å²) in [6, 6.07) is 0.833. The maximum absolute atomic E-state index is 12.0. The van der Waals surface area contributed by atoms with Crippen LogP contribution in [0, 0.1) is 17.8 Å². The molecule has 1 amide bonds. The highest BCUT2D eigenvalue weighted by atomic mass is 16.6. The fourth-order valence-electron chi connectivity index (χ4n) is 3.58. The monoisotopic (exact) mass is 324 g/mol. The standard InChI is InChI=1S/C19H36N2O2/c1-13(2)14-8-10-16(11-9-14)20-12-17(15-6-7-15)21-18(22)23-19(3,4)5/h13-17,20H,6-12H2,1-5H3,(H,21,22). The van der Waals surface area contributed by atoms with E-state index in [0.29, 0.717) is 12.0 Å². The lowest BCUT2D eigenvalue weighted by molar-refractivity contribution is 0.0496. The van der Waals surface area contributed by atoms with Gasteiger partial charge in [-0.3, -0.25) is 0 Å². The van der Waals surface area contributed by atoms with E-state index in [2.05, 4.69) is 24.5 Å². The number of carbonyl (C=O) groups is 1. The predicted molar refractivity (Wildman–Crippen MR) is 94.5 cm³/mol. The summed E-state index contributed by atoms with van der Waals surface area (Å²) >= 11 is 0. The lowest BCUT2D eigenvalue weighted by atomic mass is 9.79. The second-order valence-electron chi connectivity index (χ2n) is 8.85. The highest BCUT2D eigenvalue weighted by molar-refractivity contribution is 5.68. The van der Waals surface area contributed by atoms with Crippen LogP contribution in [-0.4, -0.2) is 30.3 Å². The summed E-state index contributed by atoms with van der Waals surface area (Å²) in [5, 5.41) is 6.78. The van der Waals surface area contributed by atoms with Crippen LogP contribution < -0.4 is 10.6 Å². The molecule has 4 heteroatoms. The molecule has 2 saturated carbocycles. The highest BCUT2D eigenvalue weighted by Crippen LogP contribution is 2.33. The third kappa shape index (κ3) is 6.70. The summed E-state index contributed by atoms with van der Waals surface area (Å²) in [5.41, 5.74) is -0.430. The zero-order valence-electron chi connectivity index (χ0n) is 15.7. The number of amides is 1. The molecule has 0 spiro atoms. The molecule has 2 N–H and O–H groups in total. The SMILES string of the molecule is CC(C)C1CCC(NCC(NC(=O)OC(C)(C)C)C2CC2)CC1. The molecule has 1 atom stereocenters. The molecule has 0 aromatic carbocycles. The molecule has 0 heterocycles. The summed E-state index contributed by atoms with van der Waals surface area (Å²) in [6.45, 7) is 11.3. The van der Waals surface area contributed by atoms with Gasteiger partial charge >= 0.3 is 6.09 Å². The smallest absolute Gasteiger partial charge is 0.407 e. The molecule has 0 bridgehead atoms. The fourth-order valence-corrected chi connectivity index (χ4v) is 3.58. The molecular formula is C19H36N2O2. The summed E-state index contributed by atoms with van der Waals surface area (Å²) in [6.07, 6.45) is 7.38. The zero-order chi connectivity index (χ0) is 17.0. The van der Waals surface area contributed by atoms with Crippen molar-refractivity contribution in [2.24, 2.45) is 17.8 Å². The van der Waals surface area contributed by atoms with E-state index < -0.39 is 5.60 Å². The quantitative estimate of drug-likeness (QED) is 0.773. The Morgan fingerprint density at radius 2 is 1.61 bits per heavy atom. The summed E-state index contributed by atoms with van der Waals surface area (Å²) in [4.78, 5) is 12.0. The molecule has 2 aliphatic rings. The number of hydrogen-bond donors (Lipinski definition) is 2. The Bertz CT molecular complexity index is 377. The Balaban J connectivity index is 1.72. The molecule has 0 aromatic rings. The number of ether oxygens (including phenoxy) is 1. The van der Waals surface area contributed by atoms with Crippen LogP contribution in [0.4, 0.5) is 4.79 Å². The van der Waals surface area contributed by atoms with Crippen molar-refractivity contribution in [3.8, 4) is 0 Å². The van der Waals surface area contributed by atoms with Gasteiger partial charge in [0, 0.05) is 18.6 Å². The first-order chi connectivity index (χ1) is 10.7. The average Bonchev–Trinajstić information content (AvgIpc) is 3.26. The van der Waals surface area contributed by atoms with Crippen LogP contribution >= 0.6 is 0 Å². The summed E-state index contributed by atoms with van der Waals surface area (Å²) in [7, 11) is 0. The Morgan fingerprint density at radius 3 is 2.09 bits per heavy atom. The van der Waals surface area contributed by atoms with Gasteiger partial charge in [0.05, 0.1) is 0 Å². The van der Waals surface area contributed by atoms with Crippen LogP contribution in [0.5, 0.6) is 0 Å². The minimum atomic E-state index is -0.430. The lowest BCUT2D eigenvalue weighted by Gasteiger charge is -2.32. The first-order valence-corrected chi connectivity index (χ1v) is 9.47. The van der Waals surface area contributed by atoms with Gasteiger partial charge in [0.25, 0.3) is 0 Å².